The zero-order valence-electron chi connectivity index (χ0n) is 17.6. The first-order valence-electron chi connectivity index (χ1n) is 10.4. The van der Waals surface area contributed by atoms with E-state index in [9.17, 15) is 13.2 Å². The summed E-state index contributed by atoms with van der Waals surface area (Å²) in [5.41, 5.74) is 4.02. The van der Waals surface area contributed by atoms with Crippen LogP contribution >= 0.6 is 0 Å². The molecule has 3 aromatic carbocycles. The zero-order valence-corrected chi connectivity index (χ0v) is 18.4. The second-order valence-corrected chi connectivity index (χ2v) is 10.0. The number of Topliss-reactive ketones (excluding diaryl/α,β-unsaturated/α-hetero) is 1. The molecule has 32 heavy (non-hydrogen) atoms. The molecular weight excluding hydrogens is 426 g/mol. The maximum atomic E-state index is 13.3. The van der Waals surface area contributed by atoms with Crippen molar-refractivity contribution in [2.75, 3.05) is 6.79 Å². The predicted octanol–water partition coefficient (Wildman–Crippen LogP) is 4.13. The molecule has 2 N–H and O–H groups in total. The number of benzene rings is 3. The number of fused-ring (bicyclic) bond motifs is 1. The smallest absolute Gasteiger partial charge is 0.238 e. The van der Waals surface area contributed by atoms with Crippen molar-refractivity contribution in [1.29, 1.82) is 0 Å². The van der Waals surface area contributed by atoms with Crippen molar-refractivity contribution >= 4 is 15.8 Å². The number of rotatable bonds is 6. The standard InChI is InChI=1S/C25H23NO5S.H2/c1-16-5-6-17(11-21(16)18-3-2-4-20(13-18)32(26,28)29)12-24(27)25(9-10-25)19-7-8-22-23(14-19)31-15-30-22;/h2-8,11,13-14H,9-10,12,15H2,1H3,(H2,26,28,29);1H. The number of primary sulfonamides is 1. The van der Waals surface area contributed by atoms with Crippen molar-refractivity contribution in [2.24, 2.45) is 5.14 Å². The van der Waals surface area contributed by atoms with Crippen LogP contribution in [0.15, 0.2) is 65.6 Å². The van der Waals surface area contributed by atoms with Gasteiger partial charge in [-0.2, -0.15) is 0 Å². The summed E-state index contributed by atoms with van der Waals surface area (Å²) >= 11 is 0. The van der Waals surface area contributed by atoms with Gasteiger partial charge in [-0.25, -0.2) is 13.6 Å². The first-order valence-corrected chi connectivity index (χ1v) is 12.0. The maximum absolute atomic E-state index is 13.3. The molecule has 1 heterocycles. The van der Waals surface area contributed by atoms with Crippen LogP contribution in [-0.4, -0.2) is 21.0 Å². The normalized spacial score (nSPS) is 16.1. The van der Waals surface area contributed by atoms with Crippen molar-refractivity contribution in [2.45, 2.75) is 36.5 Å². The molecule has 0 bridgehead atoms. The monoisotopic (exact) mass is 451 g/mol. The fraction of sp³-hybridized carbons (Fsp3) is 0.240. The molecule has 0 aromatic heterocycles. The van der Waals surface area contributed by atoms with Gasteiger partial charge in [-0.05, 0) is 71.8 Å². The molecule has 1 aliphatic carbocycles. The Balaban J connectivity index is 0.00000259. The molecule has 0 unspecified atom stereocenters. The summed E-state index contributed by atoms with van der Waals surface area (Å²) in [4.78, 5) is 13.4. The molecule has 6 nitrogen and oxygen atoms in total. The van der Waals surface area contributed by atoms with Crippen LogP contribution in [0.5, 0.6) is 11.5 Å². The number of ketones is 1. The lowest BCUT2D eigenvalue weighted by molar-refractivity contribution is -0.120. The van der Waals surface area contributed by atoms with Gasteiger partial charge in [-0.15, -0.1) is 0 Å². The van der Waals surface area contributed by atoms with Crippen LogP contribution in [0.25, 0.3) is 11.1 Å². The van der Waals surface area contributed by atoms with Gasteiger partial charge in [0.15, 0.2) is 11.5 Å². The third kappa shape index (κ3) is 3.67. The number of aryl methyl sites for hydroxylation is 1. The Morgan fingerprint density at radius 3 is 2.56 bits per heavy atom. The van der Waals surface area contributed by atoms with Crippen LogP contribution in [0.2, 0.25) is 0 Å². The van der Waals surface area contributed by atoms with Gasteiger partial charge in [0, 0.05) is 7.85 Å². The van der Waals surface area contributed by atoms with E-state index < -0.39 is 15.4 Å². The van der Waals surface area contributed by atoms with Crippen molar-refractivity contribution in [3.8, 4) is 22.6 Å². The van der Waals surface area contributed by atoms with E-state index in [4.69, 9.17) is 14.6 Å². The lowest BCUT2D eigenvalue weighted by Crippen LogP contribution is -2.22. The van der Waals surface area contributed by atoms with Crippen LogP contribution < -0.4 is 14.6 Å². The minimum atomic E-state index is -3.79. The molecule has 0 spiro atoms. The van der Waals surface area contributed by atoms with E-state index in [-0.39, 0.29) is 18.9 Å². The Labute approximate surface area is 188 Å². The second kappa shape index (κ2) is 7.46. The third-order valence-corrected chi connectivity index (χ3v) is 7.26. The van der Waals surface area contributed by atoms with Crippen LogP contribution in [0, 0.1) is 6.92 Å². The van der Waals surface area contributed by atoms with Gasteiger partial charge in [0.2, 0.25) is 16.8 Å². The molecule has 3 aromatic rings. The fourth-order valence-electron chi connectivity index (χ4n) is 4.33. The average molecular weight is 452 g/mol. The number of nitrogens with two attached hydrogens (primary N) is 1. The number of hydrogen-bond acceptors (Lipinski definition) is 5. The lowest BCUT2D eigenvalue weighted by Gasteiger charge is -2.16. The van der Waals surface area contributed by atoms with Gasteiger partial charge in [-0.1, -0.05) is 36.4 Å². The number of carbonyl (C=O) groups excluding carboxylic acids is 1. The zero-order chi connectivity index (χ0) is 22.5. The van der Waals surface area contributed by atoms with E-state index in [1.54, 1.807) is 12.1 Å². The molecule has 0 radical (unpaired) electrons. The van der Waals surface area contributed by atoms with E-state index in [1.165, 1.54) is 6.07 Å². The van der Waals surface area contributed by atoms with Crippen molar-refractivity contribution in [1.82, 2.24) is 0 Å². The van der Waals surface area contributed by atoms with Gasteiger partial charge < -0.3 is 9.47 Å². The average Bonchev–Trinajstić information content (AvgIpc) is 3.45. The summed E-state index contributed by atoms with van der Waals surface area (Å²) in [5, 5.41) is 5.29. The Hall–Kier alpha value is -3.16. The summed E-state index contributed by atoms with van der Waals surface area (Å²) in [6.45, 7) is 2.16. The van der Waals surface area contributed by atoms with Crippen LogP contribution in [-0.2, 0) is 26.7 Å². The highest BCUT2D eigenvalue weighted by Gasteiger charge is 2.50. The van der Waals surface area contributed by atoms with Crippen molar-refractivity contribution in [3.63, 3.8) is 0 Å². The molecule has 7 heteroatoms. The molecule has 0 saturated heterocycles. The summed E-state index contributed by atoms with van der Waals surface area (Å²) in [5.74, 6) is 1.57. The molecule has 0 atom stereocenters. The third-order valence-electron chi connectivity index (χ3n) is 6.35. The summed E-state index contributed by atoms with van der Waals surface area (Å²) < 4.78 is 34.4. The minimum absolute atomic E-state index is 0. The molecule has 5 rings (SSSR count). The number of hydrogen-bond donors (Lipinski definition) is 1. The van der Waals surface area contributed by atoms with Gasteiger partial charge in [0.1, 0.15) is 5.78 Å². The van der Waals surface area contributed by atoms with Crippen molar-refractivity contribution < 1.29 is 24.1 Å². The van der Waals surface area contributed by atoms with Gasteiger partial charge in [0.05, 0.1) is 10.3 Å². The number of sulfonamides is 1. The molecule has 1 fully saturated rings. The van der Waals surface area contributed by atoms with Crippen LogP contribution in [0.3, 0.4) is 0 Å². The van der Waals surface area contributed by atoms with Gasteiger partial charge in [-0.3, -0.25) is 4.79 Å². The highest BCUT2D eigenvalue weighted by atomic mass is 32.2. The molecule has 2 aliphatic rings. The maximum Gasteiger partial charge on any atom is 0.238 e. The first kappa shape index (κ1) is 20.7. The Bertz CT molecular complexity index is 1350. The molecule has 0 amide bonds. The predicted molar refractivity (Wildman–Crippen MR) is 122 cm³/mol. The van der Waals surface area contributed by atoms with Crippen molar-refractivity contribution in [3.05, 3.63) is 77.4 Å². The Morgan fingerprint density at radius 2 is 1.81 bits per heavy atom. The molecule has 1 saturated carbocycles. The second-order valence-electron chi connectivity index (χ2n) is 8.47. The summed E-state index contributed by atoms with van der Waals surface area (Å²) in [7, 11) is -3.79. The number of carbonyl (C=O) groups is 1. The van der Waals surface area contributed by atoms with E-state index in [1.807, 2.05) is 49.4 Å². The Morgan fingerprint density at radius 1 is 1.03 bits per heavy atom. The highest BCUT2D eigenvalue weighted by Crippen LogP contribution is 2.51. The van der Waals surface area contributed by atoms with Crippen LogP contribution in [0.4, 0.5) is 0 Å². The van der Waals surface area contributed by atoms with E-state index >= 15 is 0 Å². The van der Waals surface area contributed by atoms with Gasteiger partial charge in [0.25, 0.3) is 0 Å². The largest absolute Gasteiger partial charge is 0.454 e. The lowest BCUT2D eigenvalue weighted by atomic mass is 9.87. The molecule has 1 aliphatic heterocycles. The van der Waals surface area contributed by atoms with E-state index in [2.05, 4.69) is 0 Å². The molecule has 166 valence electrons. The summed E-state index contributed by atoms with van der Waals surface area (Å²) in [6, 6.07) is 18.2. The minimum Gasteiger partial charge on any atom is -0.454 e. The quantitative estimate of drug-likeness (QED) is 0.608. The number of ether oxygens (including phenoxy) is 2. The fourth-order valence-corrected chi connectivity index (χ4v) is 4.89. The van der Waals surface area contributed by atoms with Crippen LogP contribution in [0.1, 0.15) is 31.0 Å². The topological polar surface area (TPSA) is 95.7 Å². The highest BCUT2D eigenvalue weighted by molar-refractivity contribution is 7.89. The molecular formula is C25H25NO5S. The van der Waals surface area contributed by atoms with E-state index in [0.29, 0.717) is 17.9 Å². The first-order chi connectivity index (χ1) is 15.3. The van der Waals surface area contributed by atoms with Gasteiger partial charge >= 0.3 is 0 Å². The summed E-state index contributed by atoms with van der Waals surface area (Å²) in [6.07, 6.45) is 1.94. The van der Waals surface area contributed by atoms with E-state index in [0.717, 1.165) is 40.7 Å². The Kier molecular flexibility index (Phi) is 4.83. The SMILES string of the molecule is Cc1ccc(CC(=O)C2(c3ccc4c(c3)OCO4)CC2)cc1-c1cccc(S(N)(=O)=O)c1.[HH].